The summed E-state index contributed by atoms with van der Waals surface area (Å²) in [5, 5.41) is 0. The minimum absolute atomic E-state index is 0.394. The molecular formula is C14H29N2+. The predicted octanol–water partition coefficient (Wildman–Crippen LogP) is 2.84. The van der Waals surface area contributed by atoms with Gasteiger partial charge in [0.1, 0.15) is 6.67 Å². The van der Waals surface area contributed by atoms with Crippen LogP contribution in [0.1, 0.15) is 53.4 Å². The quantitative estimate of drug-likeness (QED) is 0.668. The monoisotopic (exact) mass is 225 g/mol. The van der Waals surface area contributed by atoms with Crippen molar-refractivity contribution in [1.29, 1.82) is 0 Å². The minimum atomic E-state index is 0.394. The van der Waals surface area contributed by atoms with Gasteiger partial charge in [0, 0.05) is 18.4 Å². The Balaban J connectivity index is 2.13. The SMILES string of the molecule is CCC1C[N+]2(CCCC2)CN1C(C)(C)CC. The molecule has 2 aliphatic heterocycles. The van der Waals surface area contributed by atoms with E-state index in [0.29, 0.717) is 5.54 Å². The van der Waals surface area contributed by atoms with Gasteiger partial charge < -0.3 is 4.48 Å². The van der Waals surface area contributed by atoms with Gasteiger partial charge >= 0.3 is 0 Å². The lowest BCUT2D eigenvalue weighted by molar-refractivity contribution is -0.910. The van der Waals surface area contributed by atoms with E-state index in [-0.39, 0.29) is 0 Å². The van der Waals surface area contributed by atoms with Crippen molar-refractivity contribution < 1.29 is 4.48 Å². The van der Waals surface area contributed by atoms with Crippen molar-refractivity contribution in [3.63, 3.8) is 0 Å². The van der Waals surface area contributed by atoms with E-state index in [1.165, 1.54) is 56.5 Å². The molecule has 1 atom stereocenters. The van der Waals surface area contributed by atoms with Crippen LogP contribution in [0, 0.1) is 0 Å². The zero-order valence-electron chi connectivity index (χ0n) is 11.6. The number of hydrogen-bond acceptors (Lipinski definition) is 1. The smallest absolute Gasteiger partial charge is 0.136 e. The number of nitrogens with zero attached hydrogens (tertiary/aromatic N) is 2. The standard InChI is InChI=1S/C14H29N2/c1-5-13-11-16(9-7-8-10-16)12-15(13)14(3,4)6-2/h13H,5-12H2,1-4H3/q+1. The van der Waals surface area contributed by atoms with Crippen molar-refractivity contribution in [1.82, 2.24) is 4.90 Å². The van der Waals surface area contributed by atoms with Gasteiger partial charge in [-0.3, -0.25) is 0 Å². The Morgan fingerprint density at radius 1 is 1.19 bits per heavy atom. The third kappa shape index (κ3) is 2.02. The van der Waals surface area contributed by atoms with E-state index in [1.54, 1.807) is 0 Å². The van der Waals surface area contributed by atoms with E-state index in [4.69, 9.17) is 0 Å². The Kier molecular flexibility index (Phi) is 3.33. The fraction of sp³-hybridized carbons (Fsp3) is 1.00. The maximum atomic E-state index is 2.80. The van der Waals surface area contributed by atoms with Crippen molar-refractivity contribution in [3.05, 3.63) is 0 Å². The second kappa shape index (κ2) is 4.30. The highest BCUT2D eigenvalue weighted by Crippen LogP contribution is 2.35. The average Bonchev–Trinajstić information content (AvgIpc) is 2.87. The molecular weight excluding hydrogens is 196 g/mol. The summed E-state index contributed by atoms with van der Waals surface area (Å²) in [6, 6.07) is 0.827. The molecule has 0 N–H and O–H groups in total. The van der Waals surface area contributed by atoms with Gasteiger partial charge in [-0.2, -0.15) is 0 Å². The summed E-state index contributed by atoms with van der Waals surface area (Å²) in [7, 11) is 0. The molecule has 0 amide bonds. The molecule has 2 aliphatic rings. The Morgan fingerprint density at radius 3 is 2.31 bits per heavy atom. The number of quaternary nitrogens is 1. The topological polar surface area (TPSA) is 3.24 Å². The minimum Gasteiger partial charge on any atom is -0.310 e. The lowest BCUT2D eigenvalue weighted by atomic mass is 9.97. The lowest BCUT2D eigenvalue weighted by Crippen LogP contribution is -2.49. The molecule has 16 heavy (non-hydrogen) atoms. The Labute approximate surface area is 101 Å². The first kappa shape index (κ1) is 12.4. The molecule has 2 fully saturated rings. The van der Waals surface area contributed by atoms with E-state index in [9.17, 15) is 0 Å². The molecule has 2 heteroatoms. The van der Waals surface area contributed by atoms with Gasteiger partial charge in [-0.25, -0.2) is 4.90 Å². The number of rotatable bonds is 3. The Bertz CT molecular complexity index is 241. The summed E-state index contributed by atoms with van der Waals surface area (Å²) < 4.78 is 1.40. The molecule has 1 unspecified atom stereocenters. The summed E-state index contributed by atoms with van der Waals surface area (Å²) in [5.74, 6) is 0. The summed E-state index contributed by atoms with van der Waals surface area (Å²) in [5.41, 5.74) is 0.394. The third-order valence-electron chi connectivity index (χ3n) is 5.12. The Morgan fingerprint density at radius 2 is 1.81 bits per heavy atom. The first-order valence-corrected chi connectivity index (χ1v) is 7.15. The van der Waals surface area contributed by atoms with Crippen molar-refractivity contribution in [2.75, 3.05) is 26.3 Å². The lowest BCUT2D eigenvalue weighted by Gasteiger charge is -2.37. The van der Waals surface area contributed by atoms with Gasteiger partial charge in [-0.05, 0) is 26.7 Å². The second-order valence-corrected chi connectivity index (χ2v) is 6.52. The molecule has 0 aliphatic carbocycles. The highest BCUT2D eigenvalue weighted by molar-refractivity contribution is 4.88. The normalized spacial score (nSPS) is 30.4. The molecule has 94 valence electrons. The van der Waals surface area contributed by atoms with E-state index < -0.39 is 0 Å². The van der Waals surface area contributed by atoms with E-state index >= 15 is 0 Å². The maximum Gasteiger partial charge on any atom is 0.136 e. The van der Waals surface area contributed by atoms with E-state index in [1.807, 2.05) is 0 Å². The van der Waals surface area contributed by atoms with Crippen LogP contribution in [0.5, 0.6) is 0 Å². The summed E-state index contributed by atoms with van der Waals surface area (Å²) >= 11 is 0. The zero-order chi connectivity index (χ0) is 11.8. The van der Waals surface area contributed by atoms with Crippen LogP contribution in [0.15, 0.2) is 0 Å². The average molecular weight is 225 g/mol. The summed E-state index contributed by atoms with van der Waals surface area (Å²) in [6.07, 6.45) is 5.50. The summed E-state index contributed by atoms with van der Waals surface area (Å²) in [4.78, 5) is 2.80. The van der Waals surface area contributed by atoms with Gasteiger partial charge in [0.05, 0.1) is 25.7 Å². The van der Waals surface area contributed by atoms with Crippen molar-refractivity contribution >= 4 is 0 Å². The molecule has 0 aromatic rings. The molecule has 0 bridgehead atoms. The van der Waals surface area contributed by atoms with Gasteiger partial charge in [0.25, 0.3) is 0 Å². The fourth-order valence-corrected chi connectivity index (χ4v) is 3.61. The second-order valence-electron chi connectivity index (χ2n) is 6.52. The van der Waals surface area contributed by atoms with Crippen molar-refractivity contribution in [3.8, 4) is 0 Å². The van der Waals surface area contributed by atoms with Crippen LogP contribution in [0.3, 0.4) is 0 Å². The highest BCUT2D eigenvalue weighted by Gasteiger charge is 2.48. The summed E-state index contributed by atoms with van der Waals surface area (Å²) in [6.45, 7) is 15.2. The van der Waals surface area contributed by atoms with Crippen molar-refractivity contribution in [2.45, 2.75) is 65.0 Å². The molecule has 2 nitrogen and oxygen atoms in total. The highest BCUT2D eigenvalue weighted by atomic mass is 15.5. The van der Waals surface area contributed by atoms with Crippen molar-refractivity contribution in [2.24, 2.45) is 0 Å². The number of hydrogen-bond donors (Lipinski definition) is 0. The van der Waals surface area contributed by atoms with E-state index in [2.05, 4.69) is 32.6 Å². The molecule has 2 saturated heterocycles. The molecule has 1 spiro atoms. The van der Waals surface area contributed by atoms with Gasteiger partial charge in [-0.15, -0.1) is 0 Å². The zero-order valence-corrected chi connectivity index (χ0v) is 11.6. The van der Waals surface area contributed by atoms with Crippen LogP contribution < -0.4 is 0 Å². The Hall–Kier alpha value is -0.0800. The molecule has 0 radical (unpaired) electrons. The predicted molar refractivity (Wildman–Crippen MR) is 69.3 cm³/mol. The first-order chi connectivity index (χ1) is 7.53. The van der Waals surface area contributed by atoms with Crippen LogP contribution in [0.25, 0.3) is 0 Å². The molecule has 0 aromatic carbocycles. The van der Waals surface area contributed by atoms with E-state index in [0.717, 1.165) is 6.04 Å². The molecule has 2 rings (SSSR count). The first-order valence-electron chi connectivity index (χ1n) is 7.15. The van der Waals surface area contributed by atoms with Gasteiger partial charge in [0.15, 0.2) is 0 Å². The van der Waals surface area contributed by atoms with Gasteiger partial charge in [-0.1, -0.05) is 13.8 Å². The van der Waals surface area contributed by atoms with Crippen LogP contribution in [0.2, 0.25) is 0 Å². The van der Waals surface area contributed by atoms with Crippen LogP contribution in [0.4, 0.5) is 0 Å². The van der Waals surface area contributed by atoms with Crippen LogP contribution in [-0.4, -0.2) is 47.3 Å². The third-order valence-corrected chi connectivity index (χ3v) is 5.12. The van der Waals surface area contributed by atoms with Crippen LogP contribution >= 0.6 is 0 Å². The fourth-order valence-electron chi connectivity index (χ4n) is 3.61. The molecule has 2 heterocycles. The molecule has 0 aromatic heterocycles. The molecule has 0 saturated carbocycles. The maximum absolute atomic E-state index is 2.80. The van der Waals surface area contributed by atoms with Crippen LogP contribution in [-0.2, 0) is 0 Å². The largest absolute Gasteiger partial charge is 0.310 e. The van der Waals surface area contributed by atoms with Gasteiger partial charge in [0.2, 0.25) is 0 Å².